The van der Waals surface area contributed by atoms with Gasteiger partial charge in [0.15, 0.2) is 37.9 Å². The van der Waals surface area contributed by atoms with Crippen LogP contribution in [0.1, 0.15) is 11.1 Å². The number of allylic oxidation sites excluding steroid dienone is 2. The zero-order chi connectivity index (χ0) is 14.2. The Labute approximate surface area is 121 Å². The molecule has 0 aliphatic heterocycles. The molecule has 0 aromatic carbocycles. The summed E-state index contributed by atoms with van der Waals surface area (Å²) in [4.78, 5) is 0. The fourth-order valence-corrected chi connectivity index (χ4v) is 2.14. The summed E-state index contributed by atoms with van der Waals surface area (Å²) in [6.45, 7) is 9.22. The van der Waals surface area contributed by atoms with E-state index in [1.165, 1.54) is 11.1 Å². The van der Waals surface area contributed by atoms with E-state index in [1.807, 2.05) is 12.2 Å². The first-order valence-corrected chi connectivity index (χ1v) is 6.99. The molecule has 0 spiro atoms. The van der Waals surface area contributed by atoms with E-state index in [2.05, 4.69) is 71.3 Å². The van der Waals surface area contributed by atoms with Crippen LogP contribution in [0.25, 0.3) is 0 Å². The van der Waals surface area contributed by atoms with Crippen molar-refractivity contribution in [1.29, 1.82) is 0 Å². The molecule has 0 saturated carbocycles. The van der Waals surface area contributed by atoms with E-state index in [9.17, 15) is 0 Å². The molecule has 0 aliphatic carbocycles. The molecule has 102 valence electrons. The van der Waals surface area contributed by atoms with Gasteiger partial charge in [-0.15, -0.1) is 0 Å². The molecule has 0 N–H and O–H groups in total. The van der Waals surface area contributed by atoms with Crippen LogP contribution in [0.2, 0.25) is 0 Å². The highest BCUT2D eigenvalue weighted by atomic mass is 14.9. The highest BCUT2D eigenvalue weighted by molar-refractivity contribution is 5.13. The summed E-state index contributed by atoms with van der Waals surface area (Å²) in [5.41, 5.74) is 2.74. The van der Waals surface area contributed by atoms with Gasteiger partial charge in [-0.2, -0.15) is 0 Å². The Morgan fingerprint density at radius 3 is 1.35 bits per heavy atom. The number of rotatable bonds is 7. The average Bonchev–Trinajstić information content (AvgIpc) is 2.49. The average molecular weight is 266 g/mol. The lowest BCUT2D eigenvalue weighted by atomic mass is 10.1. The van der Waals surface area contributed by atoms with Gasteiger partial charge in [0.25, 0.3) is 0 Å². The van der Waals surface area contributed by atoms with Crippen LogP contribution in [0.3, 0.4) is 0 Å². The topological polar surface area (TPSA) is 7.76 Å². The fourth-order valence-electron chi connectivity index (χ4n) is 2.14. The van der Waals surface area contributed by atoms with Crippen LogP contribution < -0.4 is 9.13 Å². The van der Waals surface area contributed by atoms with Gasteiger partial charge in [0.2, 0.25) is 0 Å². The highest BCUT2D eigenvalue weighted by Gasteiger charge is 2.02. The van der Waals surface area contributed by atoms with E-state index in [0.717, 1.165) is 25.9 Å². The van der Waals surface area contributed by atoms with Gasteiger partial charge in [-0.25, -0.2) is 9.13 Å². The van der Waals surface area contributed by atoms with Gasteiger partial charge >= 0.3 is 0 Å². The zero-order valence-electron chi connectivity index (χ0n) is 11.9. The lowest BCUT2D eigenvalue weighted by Gasteiger charge is -2.01. The second-order valence-electron chi connectivity index (χ2n) is 4.88. The summed E-state index contributed by atoms with van der Waals surface area (Å²) in [5.74, 6) is 0. The van der Waals surface area contributed by atoms with Crippen LogP contribution in [0, 0.1) is 0 Å². The molecule has 2 aromatic rings. The molecule has 2 heteroatoms. The molecule has 0 fully saturated rings. The van der Waals surface area contributed by atoms with E-state index in [0.29, 0.717) is 0 Å². The van der Waals surface area contributed by atoms with Gasteiger partial charge in [-0.05, 0) is 36.1 Å². The molecule has 0 radical (unpaired) electrons. The van der Waals surface area contributed by atoms with E-state index >= 15 is 0 Å². The predicted octanol–water partition coefficient (Wildman–Crippen LogP) is 2.42. The molecule has 2 aromatic heterocycles. The molecular weight excluding hydrogens is 244 g/mol. The molecule has 0 unspecified atom stereocenters. The van der Waals surface area contributed by atoms with Gasteiger partial charge in [-0.3, -0.25) is 0 Å². The summed E-state index contributed by atoms with van der Waals surface area (Å²) in [6.07, 6.45) is 14.4. The SMILES string of the molecule is C=CC[n+]1ccc(CCc2cc[n+](CC=C)cc2)cc1. The lowest BCUT2D eigenvalue weighted by Crippen LogP contribution is -2.31. The lowest BCUT2D eigenvalue weighted by molar-refractivity contribution is -0.687. The molecule has 0 saturated heterocycles. The number of nitrogens with zero attached hydrogens (tertiary/aromatic N) is 2. The third kappa shape index (κ3) is 4.16. The van der Waals surface area contributed by atoms with Crippen LogP contribution in [0.15, 0.2) is 74.4 Å². The van der Waals surface area contributed by atoms with Crippen LogP contribution in [0.4, 0.5) is 0 Å². The molecule has 2 rings (SSSR count). The fraction of sp³-hybridized carbons (Fsp3) is 0.222. The summed E-state index contributed by atoms with van der Waals surface area (Å²) < 4.78 is 4.24. The van der Waals surface area contributed by atoms with Gasteiger partial charge in [0.05, 0.1) is 0 Å². The van der Waals surface area contributed by atoms with Gasteiger partial charge < -0.3 is 0 Å². The number of hydrogen-bond donors (Lipinski definition) is 0. The quantitative estimate of drug-likeness (QED) is 0.537. The van der Waals surface area contributed by atoms with Crippen molar-refractivity contribution < 1.29 is 9.13 Å². The van der Waals surface area contributed by atoms with E-state index in [4.69, 9.17) is 0 Å². The first kappa shape index (κ1) is 14.2. The molecule has 0 aliphatic rings. The summed E-state index contributed by atoms with van der Waals surface area (Å²) >= 11 is 0. The molecule has 0 atom stereocenters. The number of aromatic nitrogens is 2. The van der Waals surface area contributed by atoms with Crippen LogP contribution in [-0.2, 0) is 25.9 Å². The molecule has 2 heterocycles. The van der Waals surface area contributed by atoms with Crippen molar-refractivity contribution in [1.82, 2.24) is 0 Å². The number of pyridine rings is 2. The number of hydrogen-bond acceptors (Lipinski definition) is 0. The molecule has 0 bridgehead atoms. The van der Waals surface area contributed by atoms with E-state index in [-0.39, 0.29) is 0 Å². The van der Waals surface area contributed by atoms with Crippen molar-refractivity contribution in [3.63, 3.8) is 0 Å². The second-order valence-corrected chi connectivity index (χ2v) is 4.88. The Kier molecular flexibility index (Phi) is 5.24. The Morgan fingerprint density at radius 2 is 1.05 bits per heavy atom. The minimum absolute atomic E-state index is 0.863. The van der Waals surface area contributed by atoms with E-state index < -0.39 is 0 Å². The van der Waals surface area contributed by atoms with Crippen LogP contribution in [0.5, 0.6) is 0 Å². The van der Waals surface area contributed by atoms with Crippen molar-refractivity contribution in [3.05, 3.63) is 85.5 Å². The van der Waals surface area contributed by atoms with E-state index in [1.54, 1.807) is 0 Å². The van der Waals surface area contributed by atoms with Crippen molar-refractivity contribution in [2.24, 2.45) is 0 Å². The van der Waals surface area contributed by atoms with Crippen molar-refractivity contribution in [2.75, 3.05) is 0 Å². The van der Waals surface area contributed by atoms with Gasteiger partial charge in [0.1, 0.15) is 0 Å². The van der Waals surface area contributed by atoms with Crippen LogP contribution >= 0.6 is 0 Å². The highest BCUT2D eigenvalue weighted by Crippen LogP contribution is 2.04. The molecular formula is C18H22N2+2. The van der Waals surface area contributed by atoms with Gasteiger partial charge in [0, 0.05) is 24.3 Å². The van der Waals surface area contributed by atoms with Crippen molar-refractivity contribution in [3.8, 4) is 0 Å². The van der Waals surface area contributed by atoms with Crippen LogP contribution in [-0.4, -0.2) is 0 Å². The van der Waals surface area contributed by atoms with Crippen molar-refractivity contribution >= 4 is 0 Å². The minimum atomic E-state index is 0.863. The van der Waals surface area contributed by atoms with Gasteiger partial charge in [-0.1, -0.05) is 13.2 Å². The Hall–Kier alpha value is -2.22. The maximum absolute atomic E-state index is 3.75. The smallest absolute Gasteiger partial charge is 0.169 e. The standard InChI is InChI=1S/C18H22N2/c1-3-11-19-13-7-17(8-14-19)5-6-18-9-15-20(12-4-2)16-10-18/h3-4,7-10,13-16H,1-2,5-6,11-12H2/q+2. The second kappa shape index (κ2) is 7.39. The summed E-state index contributed by atoms with van der Waals surface area (Å²) in [7, 11) is 0. The Balaban J connectivity index is 1.90. The van der Waals surface area contributed by atoms with Crippen molar-refractivity contribution in [2.45, 2.75) is 25.9 Å². The normalized spacial score (nSPS) is 10.2. The Morgan fingerprint density at radius 1 is 0.700 bits per heavy atom. The molecule has 0 amide bonds. The maximum atomic E-state index is 3.75. The number of aryl methyl sites for hydroxylation is 2. The first-order valence-electron chi connectivity index (χ1n) is 6.99. The summed E-state index contributed by atoms with van der Waals surface area (Å²) in [6, 6.07) is 8.74. The summed E-state index contributed by atoms with van der Waals surface area (Å²) in [5, 5.41) is 0. The third-order valence-corrected chi connectivity index (χ3v) is 3.30. The monoisotopic (exact) mass is 266 g/mol. The maximum Gasteiger partial charge on any atom is 0.169 e. The first-order chi connectivity index (χ1) is 9.81. The minimum Gasteiger partial charge on any atom is -0.201 e. The zero-order valence-corrected chi connectivity index (χ0v) is 11.9. The third-order valence-electron chi connectivity index (χ3n) is 3.30. The Bertz CT molecular complexity index is 499. The molecule has 2 nitrogen and oxygen atoms in total. The predicted molar refractivity (Wildman–Crippen MR) is 81.1 cm³/mol. The molecule has 20 heavy (non-hydrogen) atoms. The largest absolute Gasteiger partial charge is 0.201 e.